The van der Waals surface area contributed by atoms with E-state index in [1.54, 1.807) is 16.7 Å². The average molecular weight is 599 g/mol. The van der Waals surface area contributed by atoms with E-state index in [1.807, 2.05) is 85.8 Å². The van der Waals surface area contributed by atoms with Crippen LogP contribution in [0.25, 0.3) is 0 Å². The molecule has 4 heterocycles. The molecule has 6 rings (SSSR count). The van der Waals surface area contributed by atoms with Gasteiger partial charge >= 0.3 is 0 Å². The van der Waals surface area contributed by atoms with Gasteiger partial charge in [-0.05, 0) is 63.6 Å². The molecule has 1 N–H and O–H groups in total. The second-order valence-corrected chi connectivity index (χ2v) is 12.1. The Balaban J connectivity index is 1.45. The number of aliphatic hydroxyl groups is 1. The Morgan fingerprint density at radius 1 is 0.841 bits per heavy atom. The van der Waals surface area contributed by atoms with E-state index < -0.39 is 35.1 Å². The van der Waals surface area contributed by atoms with E-state index in [2.05, 4.69) is 18.7 Å². The van der Waals surface area contributed by atoms with Crippen LogP contribution in [0.5, 0.6) is 0 Å². The number of rotatable bonds is 8. The first-order valence-corrected chi connectivity index (χ1v) is 15.8. The van der Waals surface area contributed by atoms with Gasteiger partial charge in [0.2, 0.25) is 11.8 Å². The molecule has 1 spiro atoms. The van der Waals surface area contributed by atoms with Gasteiger partial charge in [0.25, 0.3) is 5.91 Å². The van der Waals surface area contributed by atoms with Crippen LogP contribution in [0.4, 0.5) is 17.1 Å². The predicted molar refractivity (Wildman–Crippen MR) is 170 cm³/mol. The molecule has 2 fully saturated rings. The SMILES string of the molecule is CCN(CC)c1ccc(N2CC=C[C@]34O[C@@]5(CC)C=CCN(c6ccccc6)C(=O)[C@H]5[C@H]3C(=O)N([C@H](C)CO)C4C2=O)cc1. The number of anilines is 3. The fourth-order valence-corrected chi connectivity index (χ4v) is 7.77. The summed E-state index contributed by atoms with van der Waals surface area (Å²) in [5.74, 6) is -2.63. The summed E-state index contributed by atoms with van der Waals surface area (Å²) < 4.78 is 7.04. The second-order valence-electron chi connectivity index (χ2n) is 12.1. The lowest BCUT2D eigenvalue weighted by Gasteiger charge is -2.40. The van der Waals surface area contributed by atoms with Gasteiger partial charge in [0.15, 0.2) is 0 Å². The molecule has 3 amide bonds. The van der Waals surface area contributed by atoms with Crippen LogP contribution in [0, 0.1) is 11.8 Å². The molecule has 0 saturated carbocycles. The number of nitrogens with zero attached hydrogens (tertiary/aromatic N) is 4. The number of hydrogen-bond donors (Lipinski definition) is 1. The first-order valence-electron chi connectivity index (χ1n) is 15.8. The summed E-state index contributed by atoms with van der Waals surface area (Å²) in [4.78, 5) is 50.9. The maximum atomic E-state index is 14.7. The third-order valence-electron chi connectivity index (χ3n) is 9.97. The molecule has 4 aliphatic heterocycles. The van der Waals surface area contributed by atoms with Crippen LogP contribution in [0.3, 0.4) is 0 Å². The third kappa shape index (κ3) is 4.39. The first kappa shape index (κ1) is 30.1. The lowest BCUT2D eigenvalue weighted by atomic mass is 9.73. The van der Waals surface area contributed by atoms with E-state index in [1.165, 1.54) is 4.90 Å². The van der Waals surface area contributed by atoms with Gasteiger partial charge in [0.05, 0.1) is 30.1 Å². The Morgan fingerprint density at radius 2 is 1.45 bits per heavy atom. The molecule has 2 saturated heterocycles. The molecule has 9 heteroatoms. The molecule has 1 unspecified atom stereocenters. The largest absolute Gasteiger partial charge is 0.394 e. The van der Waals surface area contributed by atoms with Crippen LogP contribution in [0.1, 0.15) is 34.1 Å². The minimum absolute atomic E-state index is 0.204. The Bertz CT molecular complexity index is 1470. The van der Waals surface area contributed by atoms with Crippen LogP contribution in [0.15, 0.2) is 78.9 Å². The van der Waals surface area contributed by atoms with Gasteiger partial charge in [-0.2, -0.15) is 0 Å². The van der Waals surface area contributed by atoms with Gasteiger partial charge in [-0.1, -0.05) is 49.4 Å². The van der Waals surface area contributed by atoms with Gasteiger partial charge in [-0.25, -0.2) is 0 Å². The van der Waals surface area contributed by atoms with Crippen molar-refractivity contribution < 1.29 is 24.2 Å². The summed E-state index contributed by atoms with van der Waals surface area (Å²) in [5, 5.41) is 10.3. The van der Waals surface area contributed by atoms with E-state index in [9.17, 15) is 19.5 Å². The normalized spacial score (nSPS) is 30.2. The van der Waals surface area contributed by atoms with E-state index in [0.29, 0.717) is 18.7 Å². The Morgan fingerprint density at radius 3 is 2.07 bits per heavy atom. The van der Waals surface area contributed by atoms with Crippen molar-refractivity contribution in [2.75, 3.05) is 47.5 Å². The summed E-state index contributed by atoms with van der Waals surface area (Å²) in [5.41, 5.74) is 0.0672. The van der Waals surface area contributed by atoms with Crippen molar-refractivity contribution in [2.45, 2.75) is 57.4 Å². The van der Waals surface area contributed by atoms with E-state index in [-0.39, 0.29) is 30.9 Å². The highest BCUT2D eigenvalue weighted by Crippen LogP contribution is 2.59. The lowest BCUT2D eigenvalue weighted by molar-refractivity contribution is -0.148. The van der Waals surface area contributed by atoms with Gasteiger partial charge in [0.1, 0.15) is 11.6 Å². The molecule has 0 radical (unpaired) electrons. The van der Waals surface area contributed by atoms with Crippen molar-refractivity contribution in [1.29, 1.82) is 0 Å². The lowest BCUT2D eigenvalue weighted by Crippen LogP contribution is -2.58. The number of hydrogen-bond acceptors (Lipinski definition) is 6. The number of ether oxygens (including phenoxy) is 1. The standard InChI is InChI=1S/C35H42N4O5/c1-5-34-19-11-21-37(26-13-9-8-10-14-26)31(41)28(34)29-32(42)39(24(4)23-40)30-33(43)38(22-12-20-35(29,30)44-34)27-17-15-25(16-18-27)36(6-2)7-3/h8-20,24,28-30,40H,5-7,21-23H2,1-4H3/t24-,28-,29+,30?,34+,35+/m1/s1. The Labute approximate surface area is 259 Å². The first-order chi connectivity index (χ1) is 21.3. The minimum atomic E-state index is -1.38. The van der Waals surface area contributed by atoms with Gasteiger partial charge < -0.3 is 29.4 Å². The fraction of sp³-hybridized carbons (Fsp3) is 0.457. The van der Waals surface area contributed by atoms with Gasteiger partial charge in [-0.3, -0.25) is 14.4 Å². The van der Waals surface area contributed by atoms with Crippen molar-refractivity contribution in [3.63, 3.8) is 0 Å². The average Bonchev–Trinajstić information content (AvgIpc) is 3.35. The number of amides is 3. The zero-order valence-corrected chi connectivity index (χ0v) is 25.9. The maximum absolute atomic E-state index is 14.7. The molecule has 232 valence electrons. The topological polar surface area (TPSA) is 93.6 Å². The monoisotopic (exact) mass is 598 g/mol. The summed E-state index contributed by atoms with van der Waals surface area (Å²) in [6, 6.07) is 15.6. The molecule has 0 aliphatic carbocycles. The molecule has 44 heavy (non-hydrogen) atoms. The Hall–Kier alpha value is -3.95. The zero-order valence-electron chi connectivity index (χ0n) is 25.9. The fourth-order valence-electron chi connectivity index (χ4n) is 7.77. The molecular formula is C35H42N4O5. The maximum Gasteiger partial charge on any atom is 0.253 e. The molecule has 6 atom stereocenters. The van der Waals surface area contributed by atoms with Crippen molar-refractivity contribution in [2.24, 2.45) is 11.8 Å². The molecule has 2 aromatic carbocycles. The van der Waals surface area contributed by atoms with Gasteiger partial charge in [0, 0.05) is 43.2 Å². The summed E-state index contributed by atoms with van der Waals surface area (Å²) in [7, 11) is 0. The third-order valence-corrected chi connectivity index (χ3v) is 9.97. The molecule has 0 bridgehead atoms. The van der Waals surface area contributed by atoms with E-state index >= 15 is 0 Å². The molecule has 9 nitrogen and oxygen atoms in total. The molecule has 0 aromatic heterocycles. The number of aliphatic hydroxyl groups excluding tert-OH is 1. The zero-order chi connectivity index (χ0) is 31.2. The molecule has 2 aromatic rings. The number of fused-ring (bicyclic) bond motifs is 2. The summed E-state index contributed by atoms with van der Waals surface area (Å²) >= 11 is 0. The van der Waals surface area contributed by atoms with E-state index in [4.69, 9.17) is 4.74 Å². The smallest absolute Gasteiger partial charge is 0.253 e. The molecule has 4 aliphatic rings. The minimum Gasteiger partial charge on any atom is -0.394 e. The van der Waals surface area contributed by atoms with Crippen molar-refractivity contribution in [1.82, 2.24) is 4.90 Å². The highest BCUT2D eigenvalue weighted by molar-refractivity contribution is 6.07. The van der Waals surface area contributed by atoms with Crippen molar-refractivity contribution >= 4 is 34.8 Å². The second kappa shape index (κ2) is 11.5. The Kier molecular flexibility index (Phi) is 7.88. The molecular weight excluding hydrogens is 556 g/mol. The number of para-hydroxylation sites is 1. The van der Waals surface area contributed by atoms with Crippen LogP contribution in [-0.4, -0.2) is 83.8 Å². The predicted octanol–water partition coefficient (Wildman–Crippen LogP) is 3.78. The van der Waals surface area contributed by atoms with Crippen LogP contribution >= 0.6 is 0 Å². The highest BCUT2D eigenvalue weighted by Gasteiger charge is 2.75. The van der Waals surface area contributed by atoms with Crippen LogP contribution in [-0.2, 0) is 19.1 Å². The van der Waals surface area contributed by atoms with Crippen LogP contribution in [0.2, 0.25) is 0 Å². The number of carbonyl (C=O) groups is 3. The van der Waals surface area contributed by atoms with Gasteiger partial charge in [-0.15, -0.1) is 0 Å². The van der Waals surface area contributed by atoms with E-state index in [0.717, 1.165) is 24.5 Å². The summed E-state index contributed by atoms with van der Waals surface area (Å²) in [6.45, 7) is 9.96. The van der Waals surface area contributed by atoms with Crippen LogP contribution < -0.4 is 14.7 Å². The van der Waals surface area contributed by atoms with Crippen molar-refractivity contribution in [3.8, 4) is 0 Å². The number of carbonyl (C=O) groups excluding carboxylic acids is 3. The van der Waals surface area contributed by atoms with Crippen molar-refractivity contribution in [3.05, 3.63) is 78.9 Å². The number of benzene rings is 2. The quantitative estimate of drug-likeness (QED) is 0.465. The number of likely N-dealkylation sites (tertiary alicyclic amines) is 1. The summed E-state index contributed by atoms with van der Waals surface area (Å²) in [6.07, 6.45) is 8.07. The highest BCUT2D eigenvalue weighted by atomic mass is 16.5.